The molecular formula is C16H17F2NO. The number of benzene rings is 2. The second-order valence-corrected chi connectivity index (χ2v) is 4.65. The summed E-state index contributed by atoms with van der Waals surface area (Å²) in [4.78, 5) is 0. The molecule has 2 nitrogen and oxygen atoms in total. The first kappa shape index (κ1) is 14.3. The van der Waals surface area contributed by atoms with Gasteiger partial charge in [0.15, 0.2) is 0 Å². The molecule has 1 unspecified atom stereocenters. The van der Waals surface area contributed by atoms with Gasteiger partial charge in [0.1, 0.15) is 5.75 Å². The Hall–Kier alpha value is -2.10. The van der Waals surface area contributed by atoms with Crippen molar-refractivity contribution in [2.75, 3.05) is 5.32 Å². The van der Waals surface area contributed by atoms with Gasteiger partial charge < -0.3 is 10.1 Å². The number of rotatable bonds is 5. The van der Waals surface area contributed by atoms with E-state index in [9.17, 15) is 8.78 Å². The molecule has 0 radical (unpaired) electrons. The number of halogens is 2. The van der Waals surface area contributed by atoms with E-state index < -0.39 is 6.61 Å². The van der Waals surface area contributed by atoms with E-state index in [1.165, 1.54) is 5.56 Å². The molecule has 106 valence electrons. The number of hydrogen-bond donors (Lipinski definition) is 1. The largest absolute Gasteiger partial charge is 0.434 e. The van der Waals surface area contributed by atoms with Crippen LogP contribution in [0.2, 0.25) is 0 Å². The van der Waals surface area contributed by atoms with Crippen molar-refractivity contribution in [2.24, 2.45) is 0 Å². The average Bonchev–Trinajstić information content (AvgIpc) is 2.41. The van der Waals surface area contributed by atoms with Crippen molar-refractivity contribution in [3.63, 3.8) is 0 Å². The molecule has 0 heterocycles. The highest BCUT2D eigenvalue weighted by atomic mass is 19.3. The van der Waals surface area contributed by atoms with Crippen LogP contribution in [0.5, 0.6) is 5.75 Å². The molecule has 2 aromatic rings. The van der Waals surface area contributed by atoms with Crippen LogP contribution in [0.15, 0.2) is 48.5 Å². The molecule has 2 rings (SSSR count). The lowest BCUT2D eigenvalue weighted by molar-refractivity contribution is -0.0505. The van der Waals surface area contributed by atoms with Gasteiger partial charge in [-0.3, -0.25) is 0 Å². The van der Waals surface area contributed by atoms with Gasteiger partial charge in [0.25, 0.3) is 0 Å². The van der Waals surface area contributed by atoms with Crippen LogP contribution in [0.4, 0.5) is 14.5 Å². The molecule has 0 fully saturated rings. The van der Waals surface area contributed by atoms with Gasteiger partial charge in [-0.1, -0.05) is 35.9 Å². The highest BCUT2D eigenvalue weighted by Crippen LogP contribution is 2.28. The topological polar surface area (TPSA) is 21.3 Å². The number of ether oxygens (including phenoxy) is 1. The van der Waals surface area contributed by atoms with Gasteiger partial charge in [0.05, 0.1) is 6.04 Å². The molecule has 2 aromatic carbocycles. The summed E-state index contributed by atoms with van der Waals surface area (Å²) in [7, 11) is 0. The van der Waals surface area contributed by atoms with Crippen molar-refractivity contribution < 1.29 is 13.5 Å². The maximum absolute atomic E-state index is 12.4. The molecule has 4 heteroatoms. The van der Waals surface area contributed by atoms with Crippen molar-refractivity contribution >= 4 is 5.69 Å². The van der Waals surface area contributed by atoms with Gasteiger partial charge in [-0.25, -0.2) is 0 Å². The van der Waals surface area contributed by atoms with Crippen LogP contribution in [0, 0.1) is 6.92 Å². The summed E-state index contributed by atoms with van der Waals surface area (Å²) in [5.74, 6) is 0.203. The minimum Gasteiger partial charge on any atom is -0.434 e. The van der Waals surface area contributed by atoms with Gasteiger partial charge in [0, 0.05) is 11.3 Å². The van der Waals surface area contributed by atoms with Crippen molar-refractivity contribution in [1.82, 2.24) is 0 Å². The Balaban J connectivity index is 2.16. The van der Waals surface area contributed by atoms with E-state index in [1.807, 2.05) is 38.1 Å². The van der Waals surface area contributed by atoms with Gasteiger partial charge >= 0.3 is 6.61 Å². The molecule has 0 saturated heterocycles. The van der Waals surface area contributed by atoms with Crippen LogP contribution < -0.4 is 10.1 Å². The monoisotopic (exact) mass is 277 g/mol. The van der Waals surface area contributed by atoms with Gasteiger partial charge in [0.2, 0.25) is 0 Å². The highest BCUT2D eigenvalue weighted by molar-refractivity contribution is 5.48. The molecule has 0 aliphatic rings. The number of hydrogen-bond acceptors (Lipinski definition) is 2. The third-order valence-electron chi connectivity index (χ3n) is 3.04. The number of aryl methyl sites for hydroxylation is 1. The first-order valence-corrected chi connectivity index (χ1v) is 6.43. The number of anilines is 1. The fourth-order valence-electron chi connectivity index (χ4n) is 2.02. The van der Waals surface area contributed by atoms with Crippen LogP contribution in [0.25, 0.3) is 0 Å². The minimum atomic E-state index is -2.82. The Labute approximate surface area is 117 Å². The summed E-state index contributed by atoms with van der Waals surface area (Å²) < 4.78 is 29.3. The molecule has 0 spiro atoms. The third-order valence-corrected chi connectivity index (χ3v) is 3.04. The zero-order chi connectivity index (χ0) is 14.5. The molecular weight excluding hydrogens is 260 g/mol. The molecule has 0 aliphatic heterocycles. The number of nitrogens with one attached hydrogen (secondary N) is 1. The van der Waals surface area contributed by atoms with E-state index in [0.29, 0.717) is 5.56 Å². The van der Waals surface area contributed by atoms with E-state index in [2.05, 4.69) is 10.1 Å². The Morgan fingerprint density at radius 3 is 2.30 bits per heavy atom. The predicted octanol–water partition coefficient (Wildman–Crippen LogP) is 4.77. The van der Waals surface area contributed by atoms with Crippen LogP contribution in [-0.4, -0.2) is 6.61 Å². The van der Waals surface area contributed by atoms with Gasteiger partial charge in [-0.15, -0.1) is 0 Å². The van der Waals surface area contributed by atoms with Crippen LogP contribution in [0.1, 0.15) is 24.1 Å². The maximum Gasteiger partial charge on any atom is 0.387 e. The standard InChI is InChI=1S/C16H17F2NO/c1-11-7-9-13(10-8-11)19-12(2)14-5-3-4-6-15(14)20-16(17)18/h3-10,12,16,19H,1-2H3. The lowest BCUT2D eigenvalue weighted by Crippen LogP contribution is -2.11. The molecule has 0 saturated carbocycles. The minimum absolute atomic E-state index is 0.132. The maximum atomic E-state index is 12.4. The third kappa shape index (κ3) is 3.70. The van der Waals surface area contributed by atoms with E-state index in [4.69, 9.17) is 0 Å². The first-order valence-electron chi connectivity index (χ1n) is 6.43. The van der Waals surface area contributed by atoms with Crippen molar-refractivity contribution in [3.8, 4) is 5.75 Å². The number of para-hydroxylation sites is 1. The first-order chi connectivity index (χ1) is 9.56. The molecule has 20 heavy (non-hydrogen) atoms. The molecule has 1 N–H and O–H groups in total. The lowest BCUT2D eigenvalue weighted by Gasteiger charge is -2.19. The number of alkyl halides is 2. The van der Waals surface area contributed by atoms with Gasteiger partial charge in [-0.2, -0.15) is 8.78 Å². The van der Waals surface area contributed by atoms with Crippen molar-refractivity contribution in [2.45, 2.75) is 26.5 Å². The summed E-state index contributed by atoms with van der Waals surface area (Å²) in [6.45, 7) is 1.11. The fourth-order valence-corrected chi connectivity index (χ4v) is 2.02. The molecule has 0 aromatic heterocycles. The second-order valence-electron chi connectivity index (χ2n) is 4.65. The summed E-state index contributed by atoms with van der Waals surface area (Å²) in [6.07, 6.45) is 0. The molecule has 0 aliphatic carbocycles. The zero-order valence-corrected chi connectivity index (χ0v) is 11.4. The normalized spacial score (nSPS) is 12.2. The SMILES string of the molecule is Cc1ccc(NC(C)c2ccccc2OC(F)F)cc1. The van der Waals surface area contributed by atoms with E-state index in [0.717, 1.165) is 5.69 Å². The van der Waals surface area contributed by atoms with Gasteiger partial charge in [-0.05, 0) is 32.0 Å². The summed E-state index contributed by atoms with van der Waals surface area (Å²) in [6, 6.07) is 14.6. The molecule has 0 bridgehead atoms. The highest BCUT2D eigenvalue weighted by Gasteiger charge is 2.14. The zero-order valence-electron chi connectivity index (χ0n) is 11.4. The van der Waals surface area contributed by atoms with E-state index >= 15 is 0 Å². The quantitative estimate of drug-likeness (QED) is 0.850. The van der Waals surface area contributed by atoms with E-state index in [1.54, 1.807) is 24.3 Å². The van der Waals surface area contributed by atoms with Crippen molar-refractivity contribution in [1.29, 1.82) is 0 Å². The summed E-state index contributed by atoms with van der Waals surface area (Å²) in [5.41, 5.74) is 2.81. The second kappa shape index (κ2) is 6.37. The van der Waals surface area contributed by atoms with Crippen LogP contribution in [0.3, 0.4) is 0 Å². The Kier molecular flexibility index (Phi) is 4.56. The van der Waals surface area contributed by atoms with E-state index in [-0.39, 0.29) is 11.8 Å². The predicted molar refractivity (Wildman–Crippen MR) is 76.3 cm³/mol. The Bertz CT molecular complexity index is 555. The lowest BCUT2D eigenvalue weighted by atomic mass is 10.1. The van der Waals surface area contributed by atoms with Crippen molar-refractivity contribution in [3.05, 3.63) is 59.7 Å². The Morgan fingerprint density at radius 1 is 1.00 bits per heavy atom. The fraction of sp³-hybridized carbons (Fsp3) is 0.250. The van der Waals surface area contributed by atoms with Crippen LogP contribution >= 0.6 is 0 Å². The molecule has 0 amide bonds. The average molecular weight is 277 g/mol. The molecule has 1 atom stereocenters. The Morgan fingerprint density at radius 2 is 1.65 bits per heavy atom. The summed E-state index contributed by atoms with van der Waals surface area (Å²) in [5, 5.41) is 3.27. The smallest absolute Gasteiger partial charge is 0.387 e. The summed E-state index contributed by atoms with van der Waals surface area (Å²) >= 11 is 0. The van der Waals surface area contributed by atoms with Crippen LogP contribution in [-0.2, 0) is 0 Å².